The second-order valence-corrected chi connectivity index (χ2v) is 12.9. The van der Waals surface area contributed by atoms with Crippen molar-refractivity contribution in [1.29, 1.82) is 0 Å². The lowest BCUT2D eigenvalue weighted by atomic mass is 9.81. The summed E-state index contributed by atoms with van der Waals surface area (Å²) in [5.74, 6) is 3.35. The summed E-state index contributed by atoms with van der Waals surface area (Å²) < 4.78 is 26.1. The van der Waals surface area contributed by atoms with Gasteiger partial charge in [-0.3, -0.25) is 0 Å². The van der Waals surface area contributed by atoms with E-state index in [0.29, 0.717) is 13.2 Å². The Morgan fingerprint density at radius 2 is 0.860 bits per heavy atom. The maximum absolute atomic E-state index is 7.13. The van der Waals surface area contributed by atoms with Crippen LogP contribution in [0.2, 0.25) is 0 Å². The summed E-state index contributed by atoms with van der Waals surface area (Å²) in [7, 11) is 0. The smallest absolute Gasteiger partial charge is 0.178 e. The summed E-state index contributed by atoms with van der Waals surface area (Å²) in [4.78, 5) is 0. The van der Waals surface area contributed by atoms with E-state index in [1.54, 1.807) is 0 Å². The highest BCUT2D eigenvalue weighted by Crippen LogP contribution is 2.49. The van der Waals surface area contributed by atoms with E-state index in [2.05, 4.69) is 135 Å². The molecule has 50 heavy (non-hydrogen) atoms. The van der Waals surface area contributed by atoms with Crippen molar-refractivity contribution >= 4 is 22.9 Å². The van der Waals surface area contributed by atoms with Gasteiger partial charge in [0.15, 0.2) is 11.2 Å². The molecule has 0 spiro atoms. The van der Waals surface area contributed by atoms with Crippen LogP contribution in [-0.2, 0) is 11.2 Å². The summed E-state index contributed by atoms with van der Waals surface area (Å²) in [6, 6.07) is 45.9. The predicted octanol–water partition coefficient (Wildman–Crippen LogP) is 11.1. The monoisotopic (exact) mass is 656 g/mol. The van der Waals surface area contributed by atoms with Gasteiger partial charge < -0.3 is 18.9 Å². The van der Waals surface area contributed by atoms with E-state index in [9.17, 15) is 0 Å². The standard InChI is InChI=1S/C46H40O4/c1-3-31-47-38-21-17-36(18-22-38)45(34-11-7-5-8-12-34)29-27-40-42(49-45)25-15-33-16-26-43-41(44(33)40)28-30-46(50-43,35-13-9-6-10-14-35)37-19-23-39(24-20-37)48-32-4-2/h5-30H,3-4,31-32H2,1-2H3. The van der Waals surface area contributed by atoms with Crippen molar-refractivity contribution in [3.8, 4) is 23.0 Å². The van der Waals surface area contributed by atoms with Gasteiger partial charge in [-0.05, 0) is 78.9 Å². The Bertz CT molecular complexity index is 2020. The molecule has 2 aliphatic rings. The molecule has 0 radical (unpaired) electrons. The predicted molar refractivity (Wildman–Crippen MR) is 202 cm³/mol. The molecule has 0 aliphatic carbocycles. The lowest BCUT2D eigenvalue weighted by Crippen LogP contribution is -2.34. The Hall–Kier alpha value is -5.74. The van der Waals surface area contributed by atoms with Gasteiger partial charge in [0, 0.05) is 38.8 Å². The first-order valence-electron chi connectivity index (χ1n) is 17.6. The summed E-state index contributed by atoms with van der Waals surface area (Å²) >= 11 is 0. The van der Waals surface area contributed by atoms with Crippen LogP contribution < -0.4 is 18.9 Å². The molecule has 248 valence electrons. The third-order valence-electron chi connectivity index (χ3n) is 9.62. The second kappa shape index (κ2) is 13.3. The van der Waals surface area contributed by atoms with E-state index >= 15 is 0 Å². The zero-order valence-electron chi connectivity index (χ0n) is 28.5. The van der Waals surface area contributed by atoms with E-state index in [-0.39, 0.29) is 0 Å². The van der Waals surface area contributed by atoms with E-state index in [1.807, 2.05) is 36.4 Å². The van der Waals surface area contributed by atoms with Crippen LogP contribution in [0.5, 0.6) is 23.0 Å². The molecule has 0 amide bonds. The van der Waals surface area contributed by atoms with Gasteiger partial charge in [0.25, 0.3) is 0 Å². The average molecular weight is 657 g/mol. The maximum atomic E-state index is 7.13. The highest BCUT2D eigenvalue weighted by Gasteiger charge is 2.40. The summed E-state index contributed by atoms with van der Waals surface area (Å²) in [6.07, 6.45) is 10.7. The highest BCUT2D eigenvalue weighted by atomic mass is 16.5. The van der Waals surface area contributed by atoms with Gasteiger partial charge in [0.05, 0.1) is 13.2 Å². The van der Waals surface area contributed by atoms with Crippen LogP contribution in [-0.4, -0.2) is 13.2 Å². The van der Waals surface area contributed by atoms with E-state index < -0.39 is 11.2 Å². The van der Waals surface area contributed by atoms with Crippen LogP contribution in [0.25, 0.3) is 22.9 Å². The summed E-state index contributed by atoms with van der Waals surface area (Å²) in [6.45, 7) is 5.61. The lowest BCUT2D eigenvalue weighted by molar-refractivity contribution is 0.160. The topological polar surface area (TPSA) is 36.9 Å². The molecule has 6 aromatic carbocycles. The minimum Gasteiger partial charge on any atom is -0.494 e. The summed E-state index contributed by atoms with van der Waals surface area (Å²) in [5.41, 5.74) is 4.64. The maximum Gasteiger partial charge on any atom is 0.178 e. The first kappa shape index (κ1) is 31.5. The normalized spacial score (nSPS) is 18.8. The van der Waals surface area contributed by atoms with Crippen LogP contribution in [0.3, 0.4) is 0 Å². The molecule has 2 unspecified atom stereocenters. The Balaban J connectivity index is 1.22. The van der Waals surface area contributed by atoms with Gasteiger partial charge in [-0.1, -0.05) is 111 Å². The molecule has 0 fully saturated rings. The van der Waals surface area contributed by atoms with Gasteiger partial charge in [-0.2, -0.15) is 0 Å². The van der Waals surface area contributed by atoms with Crippen molar-refractivity contribution < 1.29 is 18.9 Å². The van der Waals surface area contributed by atoms with Gasteiger partial charge in [-0.25, -0.2) is 0 Å². The molecule has 0 saturated heterocycles. The van der Waals surface area contributed by atoms with Crippen LogP contribution >= 0.6 is 0 Å². The molecule has 0 saturated carbocycles. The van der Waals surface area contributed by atoms with Crippen molar-refractivity contribution in [1.82, 2.24) is 0 Å². The van der Waals surface area contributed by atoms with Gasteiger partial charge in [-0.15, -0.1) is 0 Å². The molecule has 0 aromatic heterocycles. The van der Waals surface area contributed by atoms with Crippen LogP contribution in [0.1, 0.15) is 60.1 Å². The minimum atomic E-state index is -0.804. The highest BCUT2D eigenvalue weighted by molar-refractivity contribution is 6.02. The molecule has 2 heterocycles. The molecule has 2 atom stereocenters. The van der Waals surface area contributed by atoms with E-state index in [4.69, 9.17) is 18.9 Å². The van der Waals surface area contributed by atoms with Gasteiger partial charge in [0.2, 0.25) is 0 Å². The fraction of sp³-hybridized carbons (Fsp3) is 0.174. The zero-order chi connectivity index (χ0) is 34.0. The fourth-order valence-electron chi connectivity index (χ4n) is 7.12. The fourth-order valence-corrected chi connectivity index (χ4v) is 7.12. The molecular weight excluding hydrogens is 617 g/mol. The first-order valence-corrected chi connectivity index (χ1v) is 17.6. The number of fused-ring (bicyclic) bond motifs is 5. The van der Waals surface area contributed by atoms with E-state index in [1.165, 1.54) is 0 Å². The number of rotatable bonds is 10. The molecule has 2 aliphatic heterocycles. The number of benzene rings is 6. The molecule has 4 nitrogen and oxygen atoms in total. The van der Waals surface area contributed by atoms with Gasteiger partial charge >= 0.3 is 0 Å². The van der Waals surface area contributed by atoms with Crippen molar-refractivity contribution in [3.05, 3.63) is 179 Å². The zero-order valence-corrected chi connectivity index (χ0v) is 28.5. The molecule has 0 N–H and O–H groups in total. The Labute approximate surface area is 294 Å². The van der Waals surface area contributed by atoms with Gasteiger partial charge in [0.1, 0.15) is 23.0 Å². The molecule has 4 heteroatoms. The minimum absolute atomic E-state index is 0.690. The number of hydrogen-bond donors (Lipinski definition) is 0. The van der Waals surface area contributed by atoms with Crippen molar-refractivity contribution in [2.24, 2.45) is 0 Å². The van der Waals surface area contributed by atoms with E-state index in [0.717, 1.165) is 80.0 Å². The second-order valence-electron chi connectivity index (χ2n) is 12.9. The van der Waals surface area contributed by atoms with Crippen molar-refractivity contribution in [3.63, 3.8) is 0 Å². The van der Waals surface area contributed by atoms with Crippen molar-refractivity contribution in [2.45, 2.75) is 37.9 Å². The Kier molecular flexibility index (Phi) is 8.38. The molecular formula is C46H40O4. The SMILES string of the molecule is CCCOc1ccc(C2(c3ccccc3)C=Cc3c(ccc4ccc5c(c34)C=CC(c3ccccc3)(c3ccc(OCCC)cc3)O5)O2)cc1. The number of ether oxygens (including phenoxy) is 4. The summed E-state index contributed by atoms with van der Waals surface area (Å²) in [5, 5.41) is 2.22. The third kappa shape index (κ3) is 5.51. The Morgan fingerprint density at radius 1 is 0.460 bits per heavy atom. The first-order chi connectivity index (χ1) is 24.6. The van der Waals surface area contributed by atoms with Crippen LogP contribution in [0.4, 0.5) is 0 Å². The largest absolute Gasteiger partial charge is 0.494 e. The quantitative estimate of drug-likeness (QED) is 0.147. The Morgan fingerprint density at radius 3 is 1.26 bits per heavy atom. The molecule has 0 bridgehead atoms. The average Bonchev–Trinajstić information content (AvgIpc) is 3.19. The van der Waals surface area contributed by atoms with Crippen molar-refractivity contribution in [2.75, 3.05) is 13.2 Å². The molecule has 6 aromatic rings. The number of hydrogen-bond acceptors (Lipinski definition) is 4. The lowest BCUT2D eigenvalue weighted by Gasteiger charge is -2.38. The van der Waals surface area contributed by atoms with Crippen LogP contribution in [0.15, 0.2) is 146 Å². The van der Waals surface area contributed by atoms with Crippen LogP contribution in [0, 0.1) is 0 Å². The molecule has 8 rings (SSSR count). The third-order valence-corrected chi connectivity index (χ3v) is 9.62.